The fourth-order valence-electron chi connectivity index (χ4n) is 8.83. The van der Waals surface area contributed by atoms with Gasteiger partial charge >= 0.3 is 0 Å². The predicted octanol–water partition coefficient (Wildman–Crippen LogP) is 5.02. The van der Waals surface area contributed by atoms with Crippen molar-refractivity contribution in [3.8, 4) is 5.75 Å². The number of fused-ring (bicyclic) bond motifs is 3. The second-order valence-electron chi connectivity index (χ2n) is 14.4. The van der Waals surface area contributed by atoms with Gasteiger partial charge in [-0.1, -0.05) is 37.3 Å². The van der Waals surface area contributed by atoms with E-state index in [4.69, 9.17) is 9.47 Å². The van der Waals surface area contributed by atoms with Gasteiger partial charge in [0.2, 0.25) is 11.8 Å². The maximum absolute atomic E-state index is 14.9. The Morgan fingerprint density at radius 1 is 1.04 bits per heavy atom. The summed E-state index contributed by atoms with van der Waals surface area (Å²) in [6.45, 7) is 6.39. The number of nitrogens with zero attached hydrogens (tertiary/aromatic N) is 3. The van der Waals surface area contributed by atoms with Crippen LogP contribution in [0, 0.1) is 5.92 Å². The Hall–Kier alpha value is -4.03. The molecule has 0 bridgehead atoms. The highest BCUT2D eigenvalue weighted by Crippen LogP contribution is 2.60. The third kappa shape index (κ3) is 5.56. The van der Waals surface area contributed by atoms with Crippen LogP contribution < -0.4 is 14.5 Å². The number of anilines is 3. The first kappa shape index (κ1) is 33.5. The molecule has 4 heterocycles. The van der Waals surface area contributed by atoms with Gasteiger partial charge in [0.15, 0.2) is 13.9 Å². The smallest absolute Gasteiger partial charge is 0.264 e. The van der Waals surface area contributed by atoms with E-state index < -0.39 is 31.5 Å². The van der Waals surface area contributed by atoms with E-state index in [-0.39, 0.29) is 43.3 Å². The molecule has 11 heteroatoms. The van der Waals surface area contributed by atoms with Crippen LogP contribution in [0.4, 0.5) is 17.1 Å². The molecule has 0 aromatic heterocycles. The topological polar surface area (TPSA) is 120 Å². The van der Waals surface area contributed by atoms with Crippen molar-refractivity contribution in [3.63, 3.8) is 0 Å². The van der Waals surface area contributed by atoms with Crippen molar-refractivity contribution in [1.29, 1.82) is 0 Å². The van der Waals surface area contributed by atoms with E-state index >= 15 is 0 Å². The van der Waals surface area contributed by atoms with Crippen molar-refractivity contribution in [2.75, 3.05) is 30.1 Å². The Morgan fingerprint density at radius 3 is 2.51 bits per heavy atom. The number of carbonyl (C=O) groups excluding carboxylic acids is 3. The molecule has 49 heavy (non-hydrogen) atoms. The van der Waals surface area contributed by atoms with Crippen LogP contribution in [-0.2, 0) is 37.7 Å². The zero-order valence-electron chi connectivity index (χ0n) is 28.6. The number of para-hydroxylation sites is 1. The number of rotatable bonds is 8. The summed E-state index contributed by atoms with van der Waals surface area (Å²) < 4.78 is 12.5. The number of hydrogen-bond acceptors (Lipinski definition) is 7. The standard InChI is InChI=1S/C38H45N3O7Si/c1-24-36(49(3,4)46)33(21-35(44)39-19-7-9-28(39)23-42)48-38(24)30-20-29(47-2)16-17-32(30)40(37(38)45)22-25-11-14-27(15-12-25)41-31-10-6-5-8-26(31)13-18-34(41)43/h5-6,8,10-12,14-17,20,24,28,33,36,42,46H,7,9,13,18-19,21-23H2,1-4H3/t24-,28-,33+,36-,38+/m0/s1. The Labute approximate surface area is 288 Å². The maximum atomic E-state index is 14.9. The molecule has 4 aliphatic rings. The number of ether oxygens (including phenoxy) is 2. The van der Waals surface area contributed by atoms with Gasteiger partial charge in [0, 0.05) is 35.7 Å². The number of benzene rings is 3. The second kappa shape index (κ2) is 12.7. The molecule has 0 radical (unpaired) electrons. The maximum Gasteiger partial charge on any atom is 0.264 e. The van der Waals surface area contributed by atoms with Crippen LogP contribution in [-0.4, -0.2) is 73.2 Å². The van der Waals surface area contributed by atoms with Crippen molar-refractivity contribution >= 4 is 43.1 Å². The summed E-state index contributed by atoms with van der Waals surface area (Å²) in [5, 5.41) is 9.88. The highest BCUT2D eigenvalue weighted by Gasteiger charge is 2.66. The van der Waals surface area contributed by atoms with Crippen molar-refractivity contribution in [2.45, 2.75) is 82.0 Å². The monoisotopic (exact) mass is 683 g/mol. The predicted molar refractivity (Wildman–Crippen MR) is 188 cm³/mol. The van der Waals surface area contributed by atoms with Crippen LogP contribution in [0.1, 0.15) is 49.3 Å². The lowest BCUT2D eigenvalue weighted by Gasteiger charge is -2.33. The summed E-state index contributed by atoms with van der Waals surface area (Å²) in [7, 11) is -1.40. The molecule has 2 fully saturated rings. The van der Waals surface area contributed by atoms with Crippen molar-refractivity contribution < 1.29 is 33.8 Å². The van der Waals surface area contributed by atoms with E-state index in [0.29, 0.717) is 30.0 Å². The first-order chi connectivity index (χ1) is 23.5. The largest absolute Gasteiger partial charge is 0.497 e. The minimum absolute atomic E-state index is 0.0244. The third-order valence-electron chi connectivity index (χ3n) is 11.1. The lowest BCUT2D eigenvalue weighted by Crippen LogP contribution is -2.46. The van der Waals surface area contributed by atoms with Gasteiger partial charge < -0.3 is 29.2 Å². The molecule has 4 aliphatic heterocycles. The zero-order chi connectivity index (χ0) is 34.7. The number of hydrogen-bond donors (Lipinski definition) is 2. The molecular weight excluding hydrogens is 639 g/mol. The Morgan fingerprint density at radius 2 is 1.80 bits per heavy atom. The van der Waals surface area contributed by atoms with Gasteiger partial charge in [0.25, 0.3) is 5.91 Å². The molecule has 0 saturated carbocycles. The summed E-state index contributed by atoms with van der Waals surface area (Å²) in [4.78, 5) is 58.4. The summed E-state index contributed by atoms with van der Waals surface area (Å²) >= 11 is 0. The molecule has 10 nitrogen and oxygen atoms in total. The van der Waals surface area contributed by atoms with Crippen molar-refractivity contribution in [1.82, 2.24) is 4.90 Å². The first-order valence-corrected chi connectivity index (χ1v) is 20.3. The Bertz CT molecular complexity index is 1780. The molecule has 2 saturated heterocycles. The highest BCUT2D eigenvalue weighted by atomic mass is 28.4. The van der Waals surface area contributed by atoms with Crippen LogP contribution in [0.15, 0.2) is 66.7 Å². The number of aliphatic hydroxyl groups excluding tert-OH is 1. The lowest BCUT2D eigenvalue weighted by atomic mass is 9.82. The minimum atomic E-state index is -2.98. The van der Waals surface area contributed by atoms with Crippen molar-refractivity contribution in [3.05, 3.63) is 83.4 Å². The summed E-state index contributed by atoms with van der Waals surface area (Å²) in [5.74, 6) is -0.163. The van der Waals surface area contributed by atoms with E-state index in [2.05, 4.69) is 6.07 Å². The van der Waals surface area contributed by atoms with Crippen LogP contribution in [0.25, 0.3) is 0 Å². The number of aryl methyl sites for hydroxylation is 1. The molecule has 5 atom stereocenters. The van der Waals surface area contributed by atoms with Gasteiger partial charge in [0.05, 0.1) is 50.2 Å². The van der Waals surface area contributed by atoms with E-state index in [9.17, 15) is 24.3 Å². The molecule has 258 valence electrons. The summed E-state index contributed by atoms with van der Waals surface area (Å²) in [6.07, 6.45) is 2.09. The van der Waals surface area contributed by atoms with Gasteiger partial charge in [-0.25, -0.2) is 0 Å². The average molecular weight is 684 g/mol. The van der Waals surface area contributed by atoms with Gasteiger partial charge in [-0.15, -0.1) is 0 Å². The number of aliphatic hydroxyl groups is 1. The molecule has 7 rings (SSSR count). The summed E-state index contributed by atoms with van der Waals surface area (Å²) in [5.41, 5.74) is 3.23. The Kier molecular flexibility index (Phi) is 8.67. The Balaban J connectivity index is 1.21. The van der Waals surface area contributed by atoms with Gasteiger partial charge in [-0.05, 0) is 79.9 Å². The number of likely N-dealkylation sites (tertiary alicyclic amines) is 1. The normalized spacial score (nSPS) is 26.4. The first-order valence-electron chi connectivity index (χ1n) is 17.3. The van der Waals surface area contributed by atoms with E-state index in [0.717, 1.165) is 41.8 Å². The lowest BCUT2D eigenvalue weighted by molar-refractivity contribution is -0.150. The molecule has 3 aromatic rings. The van der Waals surface area contributed by atoms with Crippen molar-refractivity contribution in [2.24, 2.45) is 5.92 Å². The zero-order valence-corrected chi connectivity index (χ0v) is 29.6. The molecule has 3 amide bonds. The third-order valence-corrected chi connectivity index (χ3v) is 13.6. The molecule has 3 aromatic carbocycles. The molecule has 1 spiro atoms. The number of methoxy groups -OCH3 is 1. The second-order valence-corrected chi connectivity index (χ2v) is 18.4. The number of amides is 3. The van der Waals surface area contributed by atoms with Crippen LogP contribution in [0.3, 0.4) is 0 Å². The quantitative estimate of drug-likeness (QED) is 0.320. The van der Waals surface area contributed by atoms with Crippen LogP contribution in [0.2, 0.25) is 18.6 Å². The SMILES string of the molecule is COc1ccc2c(c1)[C@@]1(O[C@H](CC(=O)N3CCC[C@H]3CO)[C@@H]([Si](C)(C)O)[C@@H]1C)C(=O)N2Cc1ccc(N2C(=O)CCc3ccccc32)cc1. The summed E-state index contributed by atoms with van der Waals surface area (Å²) in [6, 6.07) is 21.0. The fourth-order valence-corrected chi connectivity index (χ4v) is 11.4. The average Bonchev–Trinajstić information content (AvgIpc) is 3.75. The molecular formula is C38H45N3O7Si. The van der Waals surface area contributed by atoms with Gasteiger partial charge in [-0.2, -0.15) is 0 Å². The highest BCUT2D eigenvalue weighted by molar-refractivity contribution is 6.71. The van der Waals surface area contributed by atoms with E-state index in [1.165, 1.54) is 0 Å². The van der Waals surface area contributed by atoms with Crippen LogP contribution >= 0.6 is 0 Å². The fraction of sp³-hybridized carbons (Fsp3) is 0.447. The van der Waals surface area contributed by atoms with Gasteiger partial charge in [0.1, 0.15) is 5.75 Å². The van der Waals surface area contributed by atoms with E-state index in [1.54, 1.807) is 21.8 Å². The molecule has 0 aliphatic carbocycles. The van der Waals surface area contributed by atoms with Gasteiger partial charge in [-0.3, -0.25) is 19.3 Å². The molecule has 0 unspecified atom stereocenters. The number of carbonyl (C=O) groups is 3. The molecule has 2 N–H and O–H groups in total. The minimum Gasteiger partial charge on any atom is -0.497 e. The van der Waals surface area contributed by atoms with E-state index in [1.807, 2.05) is 80.7 Å². The van der Waals surface area contributed by atoms with Crippen LogP contribution in [0.5, 0.6) is 5.75 Å².